The van der Waals surface area contributed by atoms with E-state index in [0.29, 0.717) is 10.0 Å². The number of nitrogens with two attached hydrogens (primary N) is 1. The van der Waals surface area contributed by atoms with Crippen LogP contribution in [0.1, 0.15) is 11.4 Å². The number of aromatic nitrogens is 1. The number of halogens is 2. The zero-order chi connectivity index (χ0) is 16.6. The Labute approximate surface area is 150 Å². The molecule has 1 unspecified atom stereocenters. The number of thiazole rings is 1. The number of hydrogen-bond acceptors (Lipinski definition) is 4. The van der Waals surface area contributed by atoms with Gasteiger partial charge in [0.05, 0.1) is 21.3 Å². The highest BCUT2D eigenvalue weighted by atomic mass is 35.5. The van der Waals surface area contributed by atoms with E-state index in [4.69, 9.17) is 33.9 Å². The van der Waals surface area contributed by atoms with Gasteiger partial charge in [-0.25, -0.2) is 4.98 Å². The standard InChI is InChI=1S/C17H17Cl2N3S/c1-22(2)12-5-7-17(20,8-6-12)16-21-15(10-23-16)11-3-4-13(18)14(19)9-11/h3-7,9-10H,8,20H2,1-2H3. The second-order valence-corrected chi connectivity index (χ2v) is 7.44. The van der Waals surface area contributed by atoms with Crippen LogP contribution in [0.5, 0.6) is 0 Å². The van der Waals surface area contributed by atoms with Crippen molar-refractivity contribution in [3.05, 3.63) is 62.6 Å². The first-order chi connectivity index (χ1) is 10.9. The third-order valence-electron chi connectivity index (χ3n) is 3.83. The fourth-order valence-corrected chi connectivity index (χ4v) is 3.64. The van der Waals surface area contributed by atoms with Gasteiger partial charge in [-0.15, -0.1) is 11.3 Å². The summed E-state index contributed by atoms with van der Waals surface area (Å²) in [7, 11) is 4.04. The number of benzene rings is 1. The van der Waals surface area contributed by atoms with Crippen molar-refractivity contribution in [1.29, 1.82) is 0 Å². The SMILES string of the molecule is CN(C)C1=CCC(N)(c2nc(-c3ccc(Cl)c(Cl)c3)cs2)C=C1. The summed E-state index contributed by atoms with van der Waals surface area (Å²) >= 11 is 13.6. The molecular weight excluding hydrogens is 349 g/mol. The number of rotatable bonds is 3. The zero-order valence-electron chi connectivity index (χ0n) is 12.9. The van der Waals surface area contributed by atoms with E-state index in [1.807, 2.05) is 43.8 Å². The number of allylic oxidation sites excluding steroid dienone is 1. The van der Waals surface area contributed by atoms with E-state index in [1.54, 1.807) is 17.4 Å². The first-order valence-electron chi connectivity index (χ1n) is 7.16. The lowest BCUT2D eigenvalue weighted by Crippen LogP contribution is -2.35. The summed E-state index contributed by atoms with van der Waals surface area (Å²) in [5, 5.41) is 3.96. The van der Waals surface area contributed by atoms with Crippen LogP contribution in [0.25, 0.3) is 11.3 Å². The van der Waals surface area contributed by atoms with Crippen LogP contribution in [-0.4, -0.2) is 24.0 Å². The summed E-state index contributed by atoms with van der Waals surface area (Å²) < 4.78 is 0. The predicted molar refractivity (Wildman–Crippen MR) is 99.0 cm³/mol. The van der Waals surface area contributed by atoms with Gasteiger partial charge in [0.15, 0.2) is 0 Å². The molecule has 0 spiro atoms. The van der Waals surface area contributed by atoms with Gasteiger partial charge in [0.2, 0.25) is 0 Å². The lowest BCUT2D eigenvalue weighted by molar-refractivity contribution is 0.495. The summed E-state index contributed by atoms with van der Waals surface area (Å²) in [6, 6.07) is 5.52. The molecule has 1 atom stereocenters. The highest BCUT2D eigenvalue weighted by Gasteiger charge is 2.29. The largest absolute Gasteiger partial charge is 0.378 e. The van der Waals surface area contributed by atoms with Crippen molar-refractivity contribution in [2.75, 3.05) is 14.1 Å². The highest BCUT2D eigenvalue weighted by molar-refractivity contribution is 7.10. The maximum Gasteiger partial charge on any atom is 0.117 e. The van der Waals surface area contributed by atoms with Crippen LogP contribution in [0, 0.1) is 0 Å². The van der Waals surface area contributed by atoms with E-state index in [0.717, 1.165) is 28.4 Å². The van der Waals surface area contributed by atoms with Gasteiger partial charge in [-0.2, -0.15) is 0 Å². The molecule has 1 aliphatic carbocycles. The van der Waals surface area contributed by atoms with Crippen LogP contribution in [0.4, 0.5) is 0 Å². The third kappa shape index (κ3) is 3.31. The Hall–Kier alpha value is -1.33. The molecule has 0 amide bonds. The Kier molecular flexibility index (Phi) is 4.52. The van der Waals surface area contributed by atoms with Gasteiger partial charge in [-0.1, -0.05) is 41.4 Å². The van der Waals surface area contributed by atoms with E-state index >= 15 is 0 Å². The van der Waals surface area contributed by atoms with Crippen molar-refractivity contribution in [3.63, 3.8) is 0 Å². The van der Waals surface area contributed by atoms with Crippen LogP contribution in [0.3, 0.4) is 0 Å². The summed E-state index contributed by atoms with van der Waals surface area (Å²) in [6.45, 7) is 0. The lowest BCUT2D eigenvalue weighted by Gasteiger charge is -2.27. The molecule has 120 valence electrons. The van der Waals surface area contributed by atoms with Gasteiger partial charge in [0.25, 0.3) is 0 Å². The second-order valence-electron chi connectivity index (χ2n) is 5.77. The number of likely N-dealkylation sites (N-methyl/N-ethyl adjacent to an activating group) is 1. The lowest BCUT2D eigenvalue weighted by atomic mass is 9.92. The molecule has 1 aliphatic rings. The quantitative estimate of drug-likeness (QED) is 0.858. The summed E-state index contributed by atoms with van der Waals surface area (Å²) in [5.41, 5.74) is 8.95. The third-order valence-corrected chi connectivity index (χ3v) is 5.61. The minimum Gasteiger partial charge on any atom is -0.378 e. The van der Waals surface area contributed by atoms with Crippen molar-refractivity contribution in [2.24, 2.45) is 5.73 Å². The Bertz CT molecular complexity index is 795. The Morgan fingerprint density at radius 1 is 1.26 bits per heavy atom. The molecule has 6 heteroatoms. The fourth-order valence-electron chi connectivity index (χ4n) is 2.41. The smallest absolute Gasteiger partial charge is 0.117 e. The maximum absolute atomic E-state index is 6.54. The molecule has 2 N–H and O–H groups in total. The Morgan fingerprint density at radius 2 is 2.04 bits per heavy atom. The molecule has 0 aliphatic heterocycles. The van der Waals surface area contributed by atoms with Crippen molar-refractivity contribution >= 4 is 34.5 Å². The normalized spacial score (nSPS) is 20.5. The van der Waals surface area contributed by atoms with E-state index in [9.17, 15) is 0 Å². The van der Waals surface area contributed by atoms with Gasteiger partial charge >= 0.3 is 0 Å². The molecule has 3 rings (SSSR count). The topological polar surface area (TPSA) is 42.1 Å². The first-order valence-corrected chi connectivity index (χ1v) is 8.80. The maximum atomic E-state index is 6.54. The summed E-state index contributed by atoms with van der Waals surface area (Å²) in [6.07, 6.45) is 6.94. The van der Waals surface area contributed by atoms with Gasteiger partial charge in [-0.3, -0.25) is 0 Å². The molecule has 23 heavy (non-hydrogen) atoms. The first kappa shape index (κ1) is 16.5. The predicted octanol–water partition coefficient (Wildman–Crippen LogP) is 4.68. The molecule has 3 nitrogen and oxygen atoms in total. The fraction of sp³-hybridized carbons (Fsp3) is 0.235. The molecule has 1 heterocycles. The van der Waals surface area contributed by atoms with Gasteiger partial charge < -0.3 is 10.6 Å². The van der Waals surface area contributed by atoms with Gasteiger partial charge in [0.1, 0.15) is 5.01 Å². The number of nitrogens with zero attached hydrogens (tertiary/aromatic N) is 2. The van der Waals surface area contributed by atoms with Crippen LogP contribution in [-0.2, 0) is 5.54 Å². The molecule has 1 aromatic carbocycles. The minimum atomic E-state index is -0.557. The molecule has 0 bridgehead atoms. The summed E-state index contributed by atoms with van der Waals surface area (Å²) in [5.74, 6) is 0. The average Bonchev–Trinajstić information content (AvgIpc) is 3.01. The Balaban J connectivity index is 1.88. The minimum absolute atomic E-state index is 0.525. The van der Waals surface area contributed by atoms with Crippen molar-refractivity contribution in [2.45, 2.75) is 12.0 Å². The molecule has 1 aromatic heterocycles. The monoisotopic (exact) mass is 365 g/mol. The van der Waals surface area contributed by atoms with Crippen molar-refractivity contribution < 1.29 is 0 Å². The number of hydrogen-bond donors (Lipinski definition) is 1. The molecule has 0 saturated carbocycles. The molecule has 0 fully saturated rings. The van der Waals surface area contributed by atoms with Gasteiger partial charge in [0, 0.05) is 30.7 Å². The highest BCUT2D eigenvalue weighted by Crippen LogP contribution is 2.35. The van der Waals surface area contributed by atoms with E-state index in [1.165, 1.54) is 0 Å². The van der Waals surface area contributed by atoms with Gasteiger partial charge in [-0.05, 0) is 24.6 Å². The van der Waals surface area contributed by atoms with E-state index in [-0.39, 0.29) is 0 Å². The average molecular weight is 366 g/mol. The molecule has 0 radical (unpaired) electrons. The van der Waals surface area contributed by atoms with Crippen LogP contribution in [0.2, 0.25) is 10.0 Å². The van der Waals surface area contributed by atoms with Crippen LogP contribution < -0.4 is 5.73 Å². The molecule has 0 saturated heterocycles. The molecular formula is C17H17Cl2N3S. The van der Waals surface area contributed by atoms with Crippen LogP contribution >= 0.6 is 34.5 Å². The van der Waals surface area contributed by atoms with Crippen LogP contribution in [0.15, 0.2) is 47.5 Å². The second kappa shape index (κ2) is 6.29. The zero-order valence-corrected chi connectivity index (χ0v) is 15.2. The Morgan fingerprint density at radius 3 is 2.65 bits per heavy atom. The van der Waals surface area contributed by atoms with E-state index < -0.39 is 5.54 Å². The van der Waals surface area contributed by atoms with Crippen molar-refractivity contribution in [3.8, 4) is 11.3 Å². The van der Waals surface area contributed by atoms with Crippen molar-refractivity contribution in [1.82, 2.24) is 9.88 Å². The van der Waals surface area contributed by atoms with E-state index in [2.05, 4.69) is 11.0 Å². The molecule has 2 aromatic rings. The summed E-state index contributed by atoms with van der Waals surface area (Å²) in [4.78, 5) is 6.78.